The van der Waals surface area contributed by atoms with Gasteiger partial charge in [0.1, 0.15) is 11.5 Å². The van der Waals surface area contributed by atoms with E-state index in [2.05, 4.69) is 15.8 Å². The summed E-state index contributed by atoms with van der Waals surface area (Å²) in [6.45, 7) is 5.09. The molecular formula is C27H28F4N4O3. The van der Waals surface area contributed by atoms with Crippen molar-refractivity contribution in [3.63, 3.8) is 0 Å². The Hall–Kier alpha value is -3.96. The second kappa shape index (κ2) is 12.5. The molecule has 0 radical (unpaired) electrons. The SMILES string of the molecule is CC.Cc1ccc(Nc2c(C(=O)NOCCO)n(Cc3cccc(C(F)(F)F)c3)c3ccncc23)c(F)c1. The largest absolute Gasteiger partial charge is 0.416 e. The van der Waals surface area contributed by atoms with Crippen molar-refractivity contribution in [2.24, 2.45) is 0 Å². The molecule has 0 aliphatic carbocycles. The Morgan fingerprint density at radius 2 is 1.89 bits per heavy atom. The number of carbonyl (C=O) groups excluding carboxylic acids is 1. The first kappa shape index (κ1) is 28.6. The van der Waals surface area contributed by atoms with E-state index < -0.39 is 23.5 Å². The number of hydrogen-bond donors (Lipinski definition) is 3. The van der Waals surface area contributed by atoms with Gasteiger partial charge >= 0.3 is 6.18 Å². The van der Waals surface area contributed by atoms with E-state index in [0.29, 0.717) is 16.5 Å². The molecule has 7 nitrogen and oxygen atoms in total. The minimum Gasteiger partial charge on any atom is -0.394 e. The highest BCUT2D eigenvalue weighted by molar-refractivity contribution is 6.09. The van der Waals surface area contributed by atoms with Gasteiger partial charge in [0.15, 0.2) is 0 Å². The molecule has 0 bridgehead atoms. The van der Waals surface area contributed by atoms with Gasteiger partial charge in [-0.3, -0.25) is 14.6 Å². The number of fused-ring (bicyclic) bond motifs is 1. The van der Waals surface area contributed by atoms with Crippen LogP contribution in [0.25, 0.3) is 10.9 Å². The number of pyridine rings is 1. The van der Waals surface area contributed by atoms with Gasteiger partial charge in [0.2, 0.25) is 0 Å². The Morgan fingerprint density at radius 3 is 2.58 bits per heavy atom. The summed E-state index contributed by atoms with van der Waals surface area (Å²) >= 11 is 0. The third-order valence-corrected chi connectivity index (χ3v) is 5.42. The van der Waals surface area contributed by atoms with Crippen LogP contribution in [0.4, 0.5) is 28.9 Å². The van der Waals surface area contributed by atoms with Crippen LogP contribution in [0.3, 0.4) is 0 Å². The van der Waals surface area contributed by atoms with Crippen molar-refractivity contribution >= 4 is 28.2 Å². The van der Waals surface area contributed by atoms with Crippen LogP contribution in [0.5, 0.6) is 0 Å². The summed E-state index contributed by atoms with van der Waals surface area (Å²) in [7, 11) is 0. The van der Waals surface area contributed by atoms with E-state index in [4.69, 9.17) is 9.94 Å². The molecule has 0 spiro atoms. The Labute approximate surface area is 217 Å². The number of nitrogens with zero attached hydrogens (tertiary/aromatic N) is 2. The number of aliphatic hydroxyl groups excluding tert-OH is 1. The Bertz CT molecular complexity index is 1400. The highest BCUT2D eigenvalue weighted by Gasteiger charge is 2.31. The monoisotopic (exact) mass is 532 g/mol. The lowest BCUT2D eigenvalue weighted by Gasteiger charge is -2.15. The molecule has 0 atom stereocenters. The molecule has 2 aromatic carbocycles. The van der Waals surface area contributed by atoms with E-state index in [1.54, 1.807) is 19.1 Å². The maximum Gasteiger partial charge on any atom is 0.416 e. The molecule has 4 rings (SSSR count). The van der Waals surface area contributed by atoms with E-state index in [9.17, 15) is 22.4 Å². The number of aryl methyl sites for hydroxylation is 1. The van der Waals surface area contributed by atoms with Crippen LogP contribution >= 0.6 is 0 Å². The summed E-state index contributed by atoms with van der Waals surface area (Å²) < 4.78 is 56.1. The highest BCUT2D eigenvalue weighted by atomic mass is 19.4. The number of aliphatic hydroxyl groups is 1. The van der Waals surface area contributed by atoms with E-state index >= 15 is 0 Å². The lowest BCUT2D eigenvalue weighted by Crippen LogP contribution is -2.28. The smallest absolute Gasteiger partial charge is 0.394 e. The number of carbonyl (C=O) groups is 1. The summed E-state index contributed by atoms with van der Waals surface area (Å²) in [6, 6.07) is 10.9. The maximum absolute atomic E-state index is 14.7. The molecule has 0 aliphatic rings. The molecule has 202 valence electrons. The van der Waals surface area contributed by atoms with Crippen LogP contribution in [0.1, 0.15) is 41.0 Å². The first-order valence-electron chi connectivity index (χ1n) is 11.9. The summed E-state index contributed by atoms with van der Waals surface area (Å²) in [6.07, 6.45) is -1.59. The fourth-order valence-electron chi connectivity index (χ4n) is 3.82. The molecule has 11 heteroatoms. The van der Waals surface area contributed by atoms with E-state index in [1.807, 2.05) is 13.8 Å². The second-order valence-corrected chi connectivity index (χ2v) is 8.01. The number of halogens is 4. The number of rotatable bonds is 8. The molecule has 0 unspecified atom stereocenters. The number of hydroxylamine groups is 1. The minimum atomic E-state index is -4.54. The van der Waals surface area contributed by atoms with Crippen molar-refractivity contribution in [3.8, 4) is 0 Å². The molecule has 3 N–H and O–H groups in total. The van der Waals surface area contributed by atoms with Gasteiger partial charge in [-0.05, 0) is 48.4 Å². The predicted molar refractivity (Wildman–Crippen MR) is 137 cm³/mol. The molecular weight excluding hydrogens is 504 g/mol. The molecule has 0 saturated heterocycles. The number of benzene rings is 2. The van der Waals surface area contributed by atoms with E-state index in [0.717, 1.165) is 12.1 Å². The lowest BCUT2D eigenvalue weighted by atomic mass is 10.1. The van der Waals surface area contributed by atoms with Gasteiger partial charge in [-0.25, -0.2) is 9.87 Å². The molecule has 0 aliphatic heterocycles. The molecule has 38 heavy (non-hydrogen) atoms. The zero-order valence-electron chi connectivity index (χ0n) is 21.1. The van der Waals surface area contributed by atoms with Crippen LogP contribution in [0.2, 0.25) is 0 Å². The number of hydrogen-bond acceptors (Lipinski definition) is 5. The van der Waals surface area contributed by atoms with Crippen LogP contribution in [-0.4, -0.2) is 33.8 Å². The fraction of sp³-hybridized carbons (Fsp3) is 0.259. The van der Waals surface area contributed by atoms with Crippen molar-refractivity contribution in [1.82, 2.24) is 15.0 Å². The van der Waals surface area contributed by atoms with Crippen LogP contribution in [-0.2, 0) is 17.6 Å². The normalized spacial score (nSPS) is 11.2. The predicted octanol–water partition coefficient (Wildman–Crippen LogP) is 5.97. The number of amides is 1. The van der Waals surface area contributed by atoms with Crippen LogP contribution in [0.15, 0.2) is 60.9 Å². The van der Waals surface area contributed by atoms with Crippen molar-refractivity contribution in [3.05, 3.63) is 89.1 Å². The van der Waals surface area contributed by atoms with Crippen molar-refractivity contribution in [2.75, 3.05) is 18.5 Å². The summed E-state index contributed by atoms with van der Waals surface area (Å²) in [5.74, 6) is -1.30. The Kier molecular flexibility index (Phi) is 9.43. The third-order valence-electron chi connectivity index (χ3n) is 5.42. The van der Waals surface area contributed by atoms with Gasteiger partial charge < -0.3 is 15.0 Å². The lowest BCUT2D eigenvalue weighted by molar-refractivity contribution is -0.137. The van der Waals surface area contributed by atoms with Crippen molar-refractivity contribution < 1.29 is 32.3 Å². The first-order chi connectivity index (χ1) is 18.2. The second-order valence-electron chi connectivity index (χ2n) is 8.01. The number of anilines is 2. The zero-order chi connectivity index (χ0) is 27.9. The Balaban J connectivity index is 0.00000195. The van der Waals surface area contributed by atoms with Gasteiger partial charge in [0.05, 0.1) is 35.7 Å². The Morgan fingerprint density at radius 1 is 1.13 bits per heavy atom. The molecule has 2 heterocycles. The number of nitrogens with one attached hydrogen (secondary N) is 2. The van der Waals surface area contributed by atoms with Crippen LogP contribution in [0, 0.1) is 12.7 Å². The zero-order valence-corrected chi connectivity index (χ0v) is 21.1. The maximum atomic E-state index is 14.7. The quantitative estimate of drug-likeness (QED) is 0.148. The molecule has 4 aromatic rings. The third kappa shape index (κ3) is 6.48. The molecule has 0 fully saturated rings. The van der Waals surface area contributed by atoms with Gasteiger partial charge in [-0.1, -0.05) is 32.0 Å². The van der Waals surface area contributed by atoms with E-state index in [-0.39, 0.29) is 42.4 Å². The average molecular weight is 533 g/mol. The summed E-state index contributed by atoms with van der Waals surface area (Å²) in [5, 5.41) is 12.4. The average Bonchev–Trinajstić information content (AvgIpc) is 3.19. The molecule has 2 aromatic heterocycles. The summed E-state index contributed by atoms with van der Waals surface area (Å²) in [4.78, 5) is 22.3. The van der Waals surface area contributed by atoms with Gasteiger partial charge in [-0.2, -0.15) is 13.2 Å². The number of aromatic nitrogens is 2. The van der Waals surface area contributed by atoms with Crippen molar-refractivity contribution in [1.29, 1.82) is 0 Å². The summed E-state index contributed by atoms with van der Waals surface area (Å²) in [5.41, 5.74) is 3.12. The van der Waals surface area contributed by atoms with Crippen molar-refractivity contribution in [2.45, 2.75) is 33.5 Å². The first-order valence-corrected chi connectivity index (χ1v) is 11.9. The topological polar surface area (TPSA) is 88.4 Å². The minimum absolute atomic E-state index is 0.0201. The molecule has 1 amide bonds. The van der Waals surface area contributed by atoms with Gasteiger partial charge in [0, 0.05) is 24.3 Å². The van der Waals surface area contributed by atoms with Gasteiger partial charge in [-0.15, -0.1) is 0 Å². The fourth-order valence-corrected chi connectivity index (χ4v) is 3.82. The van der Waals surface area contributed by atoms with Crippen LogP contribution < -0.4 is 10.8 Å². The highest BCUT2D eigenvalue weighted by Crippen LogP contribution is 2.35. The van der Waals surface area contributed by atoms with E-state index in [1.165, 1.54) is 41.2 Å². The van der Waals surface area contributed by atoms with Gasteiger partial charge in [0.25, 0.3) is 5.91 Å². The standard InChI is InChI=1S/C25H22F4N4O3.C2H6/c1-15-5-6-20(19(26)11-15)31-22-18-13-30-8-7-21(18)33(23(22)24(35)32-36-10-9-34)14-16-3-2-4-17(12-16)25(27,28)29;1-2/h2-8,11-13,31,34H,9-10,14H2,1H3,(H,32,35);1-2H3. The number of alkyl halides is 3. The molecule has 0 saturated carbocycles.